The van der Waals surface area contributed by atoms with E-state index in [1.807, 2.05) is 0 Å². The zero-order valence-electron chi connectivity index (χ0n) is 10.8. The van der Waals surface area contributed by atoms with Gasteiger partial charge in [-0.15, -0.1) is 0 Å². The Labute approximate surface area is 110 Å². The number of hydrogen-bond acceptors (Lipinski definition) is 6. The Balaban J connectivity index is 2.50. The molecule has 1 aromatic rings. The Morgan fingerprint density at radius 1 is 1.53 bits per heavy atom. The molecule has 1 aromatic carbocycles. The number of non-ortho nitro benzene ring substituents is 1. The quantitative estimate of drug-likeness (QED) is 0.453. The van der Waals surface area contributed by atoms with Gasteiger partial charge in [-0.1, -0.05) is 6.07 Å². The van der Waals surface area contributed by atoms with Gasteiger partial charge in [0.2, 0.25) is 0 Å². The standard InChI is InChI=1S/C12H16N2O5/c1-13-11(12(15)18-2)6-7-19-10-5-3-4-9(8-10)14(16)17/h3-5,8,11,13H,6-7H2,1-2H3. The average Bonchev–Trinajstić information content (AvgIpc) is 2.43. The molecule has 104 valence electrons. The van der Waals surface area contributed by atoms with Gasteiger partial charge in [0.05, 0.1) is 24.7 Å². The maximum Gasteiger partial charge on any atom is 0.322 e. The van der Waals surface area contributed by atoms with Gasteiger partial charge in [0, 0.05) is 12.5 Å². The summed E-state index contributed by atoms with van der Waals surface area (Å²) < 4.78 is 9.98. The number of methoxy groups -OCH3 is 1. The third-order valence-corrected chi connectivity index (χ3v) is 2.54. The lowest BCUT2D eigenvalue weighted by atomic mass is 10.2. The first-order chi connectivity index (χ1) is 9.08. The van der Waals surface area contributed by atoms with Crippen LogP contribution in [0.2, 0.25) is 0 Å². The summed E-state index contributed by atoms with van der Waals surface area (Å²) in [6, 6.07) is 5.44. The SMILES string of the molecule is CNC(CCOc1cccc([N+](=O)[O-])c1)C(=O)OC. The number of hydrogen-bond donors (Lipinski definition) is 1. The highest BCUT2D eigenvalue weighted by atomic mass is 16.6. The van der Waals surface area contributed by atoms with E-state index in [9.17, 15) is 14.9 Å². The summed E-state index contributed by atoms with van der Waals surface area (Å²) in [5.41, 5.74) is -0.0318. The molecule has 0 amide bonds. The molecule has 0 spiro atoms. The van der Waals surface area contributed by atoms with Crippen LogP contribution < -0.4 is 10.1 Å². The van der Waals surface area contributed by atoms with Crippen molar-refractivity contribution >= 4 is 11.7 Å². The summed E-state index contributed by atoms with van der Waals surface area (Å²) in [7, 11) is 2.96. The van der Waals surface area contributed by atoms with Gasteiger partial charge >= 0.3 is 5.97 Å². The van der Waals surface area contributed by atoms with Crippen LogP contribution in [0.3, 0.4) is 0 Å². The van der Waals surface area contributed by atoms with Gasteiger partial charge < -0.3 is 14.8 Å². The fraction of sp³-hybridized carbons (Fsp3) is 0.417. The molecule has 0 aromatic heterocycles. The second kappa shape index (κ2) is 7.32. The van der Waals surface area contributed by atoms with Crippen molar-refractivity contribution in [2.24, 2.45) is 0 Å². The van der Waals surface area contributed by atoms with E-state index in [1.165, 1.54) is 19.2 Å². The van der Waals surface area contributed by atoms with Crippen molar-refractivity contribution in [3.8, 4) is 5.75 Å². The van der Waals surface area contributed by atoms with Crippen molar-refractivity contribution in [3.63, 3.8) is 0 Å². The van der Waals surface area contributed by atoms with Crippen LogP contribution >= 0.6 is 0 Å². The second-order valence-corrected chi connectivity index (χ2v) is 3.76. The van der Waals surface area contributed by atoms with E-state index in [4.69, 9.17) is 4.74 Å². The fourth-order valence-corrected chi connectivity index (χ4v) is 1.50. The molecule has 0 saturated carbocycles. The zero-order valence-corrected chi connectivity index (χ0v) is 10.8. The Kier molecular flexibility index (Phi) is 5.74. The van der Waals surface area contributed by atoms with Crippen molar-refractivity contribution in [1.29, 1.82) is 0 Å². The van der Waals surface area contributed by atoms with Crippen molar-refractivity contribution in [3.05, 3.63) is 34.4 Å². The van der Waals surface area contributed by atoms with Gasteiger partial charge in [0.1, 0.15) is 11.8 Å². The summed E-state index contributed by atoms with van der Waals surface area (Å²) in [5.74, 6) is 0.0269. The molecular formula is C12H16N2O5. The molecule has 0 aliphatic heterocycles. The van der Waals surface area contributed by atoms with Crippen LogP contribution in [-0.2, 0) is 9.53 Å². The summed E-state index contributed by atoms with van der Waals surface area (Å²) in [6.07, 6.45) is 0.409. The molecule has 19 heavy (non-hydrogen) atoms. The van der Waals surface area contributed by atoms with E-state index in [0.29, 0.717) is 12.2 Å². The highest BCUT2D eigenvalue weighted by Crippen LogP contribution is 2.19. The average molecular weight is 268 g/mol. The first-order valence-corrected chi connectivity index (χ1v) is 5.71. The van der Waals surface area contributed by atoms with Crippen LogP contribution in [0, 0.1) is 10.1 Å². The molecule has 0 aliphatic rings. The number of benzene rings is 1. The van der Waals surface area contributed by atoms with Crippen molar-refractivity contribution < 1.29 is 19.2 Å². The number of nitro benzene ring substituents is 1. The van der Waals surface area contributed by atoms with E-state index in [-0.39, 0.29) is 18.3 Å². The van der Waals surface area contributed by atoms with E-state index in [2.05, 4.69) is 10.1 Å². The number of likely N-dealkylation sites (N-methyl/N-ethyl adjacent to an activating group) is 1. The van der Waals surface area contributed by atoms with Crippen LogP contribution in [0.15, 0.2) is 24.3 Å². The molecule has 0 saturated heterocycles. The van der Waals surface area contributed by atoms with Gasteiger partial charge in [-0.2, -0.15) is 0 Å². The summed E-state index contributed by atoms with van der Waals surface area (Å²) in [4.78, 5) is 21.4. The maximum atomic E-state index is 11.3. The van der Waals surface area contributed by atoms with Crippen LogP contribution in [0.5, 0.6) is 5.75 Å². The first kappa shape index (κ1) is 14.9. The van der Waals surface area contributed by atoms with Gasteiger partial charge in [0.25, 0.3) is 5.69 Å². The van der Waals surface area contributed by atoms with Crippen LogP contribution in [-0.4, -0.2) is 37.7 Å². The summed E-state index contributed by atoms with van der Waals surface area (Å²) in [6.45, 7) is 0.252. The number of nitrogens with one attached hydrogen (secondary N) is 1. The molecule has 0 bridgehead atoms. The van der Waals surface area contributed by atoms with Crippen molar-refractivity contribution in [1.82, 2.24) is 5.32 Å². The number of nitrogens with zero attached hydrogens (tertiary/aromatic N) is 1. The third-order valence-electron chi connectivity index (χ3n) is 2.54. The number of rotatable bonds is 7. The minimum atomic E-state index is -0.488. The normalized spacial score (nSPS) is 11.7. The number of esters is 1. The lowest BCUT2D eigenvalue weighted by Crippen LogP contribution is -2.36. The van der Waals surface area contributed by atoms with E-state index < -0.39 is 11.0 Å². The van der Waals surface area contributed by atoms with Gasteiger partial charge in [-0.25, -0.2) is 0 Å². The highest BCUT2D eigenvalue weighted by Gasteiger charge is 2.16. The monoisotopic (exact) mass is 268 g/mol. The van der Waals surface area contributed by atoms with Gasteiger partial charge in [-0.05, 0) is 13.1 Å². The Hall–Kier alpha value is -2.15. The second-order valence-electron chi connectivity index (χ2n) is 3.76. The molecule has 1 unspecified atom stereocenters. The minimum absolute atomic E-state index is 0.0318. The molecule has 1 atom stereocenters. The number of carbonyl (C=O) groups is 1. The Morgan fingerprint density at radius 3 is 2.84 bits per heavy atom. The van der Waals surface area contributed by atoms with E-state index in [1.54, 1.807) is 19.2 Å². The molecule has 0 radical (unpaired) electrons. The molecule has 0 heterocycles. The number of carbonyl (C=O) groups excluding carboxylic acids is 1. The molecule has 1 N–H and O–H groups in total. The number of ether oxygens (including phenoxy) is 2. The molecule has 0 fully saturated rings. The molecule has 7 heteroatoms. The topological polar surface area (TPSA) is 90.7 Å². The van der Waals surface area contributed by atoms with Gasteiger partial charge in [-0.3, -0.25) is 14.9 Å². The first-order valence-electron chi connectivity index (χ1n) is 5.71. The predicted octanol–water partition coefficient (Wildman–Crippen LogP) is 1.12. The fourth-order valence-electron chi connectivity index (χ4n) is 1.50. The zero-order chi connectivity index (χ0) is 14.3. The predicted molar refractivity (Wildman–Crippen MR) is 68.1 cm³/mol. The minimum Gasteiger partial charge on any atom is -0.493 e. The van der Waals surface area contributed by atoms with Crippen LogP contribution in [0.25, 0.3) is 0 Å². The van der Waals surface area contributed by atoms with Crippen LogP contribution in [0.1, 0.15) is 6.42 Å². The molecule has 1 rings (SSSR count). The Morgan fingerprint density at radius 2 is 2.26 bits per heavy atom. The molecular weight excluding hydrogens is 252 g/mol. The number of nitro groups is 1. The largest absolute Gasteiger partial charge is 0.493 e. The Bertz CT molecular complexity index is 450. The third kappa shape index (κ3) is 4.55. The summed E-state index contributed by atoms with van der Waals surface area (Å²) in [5, 5.41) is 13.4. The smallest absolute Gasteiger partial charge is 0.322 e. The maximum absolute atomic E-state index is 11.3. The van der Waals surface area contributed by atoms with E-state index in [0.717, 1.165) is 0 Å². The van der Waals surface area contributed by atoms with Crippen molar-refractivity contribution in [2.75, 3.05) is 20.8 Å². The lowest BCUT2D eigenvalue weighted by Gasteiger charge is -2.13. The molecule has 0 aliphatic carbocycles. The van der Waals surface area contributed by atoms with Crippen LogP contribution in [0.4, 0.5) is 5.69 Å². The van der Waals surface area contributed by atoms with E-state index >= 15 is 0 Å². The lowest BCUT2D eigenvalue weighted by molar-refractivity contribution is -0.384. The molecule has 7 nitrogen and oxygen atoms in total. The van der Waals surface area contributed by atoms with Gasteiger partial charge in [0.15, 0.2) is 0 Å². The van der Waals surface area contributed by atoms with Crippen molar-refractivity contribution in [2.45, 2.75) is 12.5 Å². The highest BCUT2D eigenvalue weighted by molar-refractivity contribution is 5.75. The summed E-state index contributed by atoms with van der Waals surface area (Å²) >= 11 is 0.